The zero-order valence-electron chi connectivity index (χ0n) is 22.5. The van der Waals surface area contributed by atoms with Gasteiger partial charge in [0.05, 0.1) is 17.3 Å². The Balaban J connectivity index is 1.12. The van der Waals surface area contributed by atoms with Crippen molar-refractivity contribution >= 4 is 27.7 Å². The van der Waals surface area contributed by atoms with Gasteiger partial charge in [-0.1, -0.05) is 48.5 Å². The summed E-state index contributed by atoms with van der Waals surface area (Å²) in [7, 11) is 2.17. The van der Waals surface area contributed by atoms with E-state index in [4.69, 9.17) is 4.98 Å². The molecule has 6 heteroatoms. The van der Waals surface area contributed by atoms with Crippen molar-refractivity contribution in [3.8, 4) is 0 Å². The highest BCUT2D eigenvalue weighted by Gasteiger charge is 2.27. The Morgan fingerprint density at radius 1 is 1.00 bits per heavy atom. The molecule has 1 N–H and O–H groups in total. The summed E-state index contributed by atoms with van der Waals surface area (Å²) in [6.07, 6.45) is 7.25. The number of carbonyl (C=O) groups is 1. The van der Waals surface area contributed by atoms with E-state index in [0.717, 1.165) is 49.7 Å². The van der Waals surface area contributed by atoms with E-state index in [2.05, 4.69) is 69.3 Å². The van der Waals surface area contributed by atoms with Gasteiger partial charge in [0.1, 0.15) is 5.69 Å². The fourth-order valence-corrected chi connectivity index (χ4v) is 5.92. The van der Waals surface area contributed by atoms with Crippen LogP contribution in [0.25, 0.3) is 21.8 Å². The zero-order valence-corrected chi connectivity index (χ0v) is 22.5. The first-order valence-electron chi connectivity index (χ1n) is 14.0. The van der Waals surface area contributed by atoms with Gasteiger partial charge >= 0.3 is 0 Å². The summed E-state index contributed by atoms with van der Waals surface area (Å²) in [5.74, 6) is -0.112. The Kier molecular flexibility index (Phi) is 7.37. The largest absolute Gasteiger partial charge is 0.351 e. The number of aryl methyl sites for hydroxylation is 2. The number of aromatic nitrogens is 3. The van der Waals surface area contributed by atoms with Gasteiger partial charge in [0.15, 0.2) is 0 Å². The summed E-state index contributed by atoms with van der Waals surface area (Å²) in [6.45, 7) is 2.46. The number of nitrogens with one attached hydrogen (secondary N) is 1. The maximum Gasteiger partial charge on any atom is 0.269 e. The monoisotopic (exact) mass is 517 g/mol. The second-order valence-electron chi connectivity index (χ2n) is 10.5. The SMILES string of the molecule is Cn1c(CN(CCCCNC(=O)c2ccc3ccccc3n2)C2CCCc3cccnc32)cc2ccccc21. The van der Waals surface area contributed by atoms with Crippen LogP contribution in [0.4, 0.5) is 0 Å². The molecule has 6 rings (SSSR count). The fraction of sp³-hybridized carbons (Fsp3) is 0.303. The van der Waals surface area contributed by atoms with Crippen LogP contribution in [0.15, 0.2) is 85.1 Å². The summed E-state index contributed by atoms with van der Waals surface area (Å²) >= 11 is 0. The second kappa shape index (κ2) is 11.4. The molecule has 1 unspecified atom stereocenters. The number of rotatable bonds is 9. The normalized spacial score (nSPS) is 15.1. The molecule has 198 valence electrons. The molecule has 6 nitrogen and oxygen atoms in total. The lowest BCUT2D eigenvalue weighted by Crippen LogP contribution is -2.33. The van der Waals surface area contributed by atoms with E-state index in [1.807, 2.05) is 36.5 Å². The van der Waals surface area contributed by atoms with Crippen LogP contribution in [-0.2, 0) is 20.0 Å². The molecule has 2 aromatic carbocycles. The number of benzene rings is 2. The first-order valence-corrected chi connectivity index (χ1v) is 14.0. The smallest absolute Gasteiger partial charge is 0.269 e. The van der Waals surface area contributed by atoms with Gasteiger partial charge in [-0.3, -0.25) is 14.7 Å². The van der Waals surface area contributed by atoms with E-state index in [1.165, 1.54) is 34.3 Å². The summed E-state index contributed by atoms with van der Waals surface area (Å²) in [6, 6.07) is 27.1. The average Bonchev–Trinajstić information content (AvgIpc) is 3.30. The van der Waals surface area contributed by atoms with Gasteiger partial charge in [-0.25, -0.2) is 4.98 Å². The van der Waals surface area contributed by atoms with Gasteiger partial charge < -0.3 is 9.88 Å². The lowest BCUT2D eigenvalue weighted by atomic mass is 9.90. The number of nitrogens with zero attached hydrogens (tertiary/aromatic N) is 4. The predicted molar refractivity (Wildman–Crippen MR) is 157 cm³/mol. The van der Waals surface area contributed by atoms with Crippen LogP contribution in [-0.4, -0.2) is 38.4 Å². The van der Waals surface area contributed by atoms with Crippen LogP contribution in [0.1, 0.15) is 59.2 Å². The highest BCUT2D eigenvalue weighted by atomic mass is 16.1. The highest BCUT2D eigenvalue weighted by molar-refractivity contribution is 5.94. The number of fused-ring (bicyclic) bond motifs is 3. The van der Waals surface area contributed by atoms with Gasteiger partial charge in [-0.05, 0) is 79.9 Å². The van der Waals surface area contributed by atoms with Crippen molar-refractivity contribution in [1.82, 2.24) is 24.8 Å². The Labute approximate surface area is 229 Å². The van der Waals surface area contributed by atoms with E-state index in [1.54, 1.807) is 6.07 Å². The van der Waals surface area contributed by atoms with E-state index in [0.29, 0.717) is 18.3 Å². The van der Waals surface area contributed by atoms with Crippen molar-refractivity contribution in [2.24, 2.45) is 7.05 Å². The molecule has 0 fully saturated rings. The summed E-state index contributed by atoms with van der Waals surface area (Å²) in [5.41, 5.74) is 6.50. The minimum Gasteiger partial charge on any atom is -0.351 e. The highest BCUT2D eigenvalue weighted by Crippen LogP contribution is 2.34. The van der Waals surface area contributed by atoms with Gasteiger partial charge in [0.25, 0.3) is 5.91 Å². The molecule has 3 heterocycles. The summed E-state index contributed by atoms with van der Waals surface area (Å²) in [4.78, 5) is 24.7. The molecule has 39 heavy (non-hydrogen) atoms. The molecule has 1 atom stereocenters. The molecule has 1 amide bonds. The molecular weight excluding hydrogens is 482 g/mol. The third-order valence-electron chi connectivity index (χ3n) is 8.01. The van der Waals surface area contributed by atoms with Crippen LogP contribution in [0.5, 0.6) is 0 Å². The molecular formula is C33H35N5O. The quantitative estimate of drug-likeness (QED) is 0.236. The number of hydrogen-bond acceptors (Lipinski definition) is 4. The molecule has 3 aromatic heterocycles. The molecule has 5 aromatic rings. The molecule has 0 spiro atoms. The molecule has 0 aliphatic heterocycles. The molecule has 0 saturated carbocycles. The molecule has 0 radical (unpaired) electrons. The summed E-state index contributed by atoms with van der Waals surface area (Å²) in [5, 5.41) is 5.39. The average molecular weight is 518 g/mol. The van der Waals surface area contributed by atoms with Crippen LogP contribution < -0.4 is 5.32 Å². The second-order valence-corrected chi connectivity index (χ2v) is 10.5. The Hall–Kier alpha value is -4.03. The lowest BCUT2D eigenvalue weighted by molar-refractivity contribution is 0.0947. The van der Waals surface area contributed by atoms with Crippen LogP contribution in [0.2, 0.25) is 0 Å². The van der Waals surface area contributed by atoms with Gasteiger partial charge in [-0.15, -0.1) is 0 Å². The van der Waals surface area contributed by atoms with Crippen LogP contribution in [0, 0.1) is 0 Å². The van der Waals surface area contributed by atoms with Gasteiger partial charge in [0, 0.05) is 42.9 Å². The van der Waals surface area contributed by atoms with Crippen molar-refractivity contribution in [3.05, 3.63) is 108 Å². The van der Waals surface area contributed by atoms with E-state index >= 15 is 0 Å². The number of unbranched alkanes of at least 4 members (excludes halogenated alkanes) is 1. The molecule has 0 bridgehead atoms. The van der Waals surface area contributed by atoms with E-state index < -0.39 is 0 Å². The van der Waals surface area contributed by atoms with Crippen molar-refractivity contribution in [3.63, 3.8) is 0 Å². The summed E-state index contributed by atoms with van der Waals surface area (Å²) < 4.78 is 2.32. The topological polar surface area (TPSA) is 63.0 Å². The van der Waals surface area contributed by atoms with Crippen molar-refractivity contribution in [2.75, 3.05) is 13.1 Å². The minimum atomic E-state index is -0.112. The first-order chi connectivity index (χ1) is 19.2. The van der Waals surface area contributed by atoms with Gasteiger partial charge in [-0.2, -0.15) is 0 Å². The standard InChI is InChI=1S/C33H35N5O/c1-37-27(22-26-11-3-5-15-30(26)37)23-38(31-16-8-12-25-13-9-20-34-32(25)31)21-7-6-19-35-33(39)29-18-17-24-10-2-4-14-28(24)36-29/h2-5,9-11,13-15,17-18,20,22,31H,6-8,12,16,19,21,23H2,1H3,(H,35,39). The third-order valence-corrected chi connectivity index (χ3v) is 8.01. The Morgan fingerprint density at radius 2 is 1.85 bits per heavy atom. The number of pyridine rings is 2. The van der Waals surface area contributed by atoms with E-state index in [-0.39, 0.29) is 5.91 Å². The van der Waals surface area contributed by atoms with Gasteiger partial charge in [0.2, 0.25) is 0 Å². The molecule has 1 aliphatic rings. The maximum atomic E-state index is 12.7. The Bertz CT molecular complexity index is 1610. The van der Waals surface area contributed by atoms with Crippen molar-refractivity contribution in [1.29, 1.82) is 0 Å². The van der Waals surface area contributed by atoms with E-state index in [9.17, 15) is 4.79 Å². The predicted octanol–water partition coefficient (Wildman–Crippen LogP) is 6.21. The van der Waals surface area contributed by atoms with Crippen molar-refractivity contribution in [2.45, 2.75) is 44.7 Å². The number of amides is 1. The van der Waals surface area contributed by atoms with Crippen molar-refractivity contribution < 1.29 is 4.79 Å². The minimum absolute atomic E-state index is 0.112. The zero-order chi connectivity index (χ0) is 26.6. The van der Waals surface area contributed by atoms with Crippen LogP contribution >= 0.6 is 0 Å². The Morgan fingerprint density at radius 3 is 2.74 bits per heavy atom. The number of para-hydroxylation sites is 2. The first kappa shape index (κ1) is 25.3. The lowest BCUT2D eigenvalue weighted by Gasteiger charge is -2.35. The third kappa shape index (κ3) is 5.43. The maximum absolute atomic E-state index is 12.7. The fourth-order valence-electron chi connectivity index (χ4n) is 5.92. The van der Waals surface area contributed by atoms with Crippen LogP contribution in [0.3, 0.4) is 0 Å². The molecule has 0 saturated heterocycles. The molecule has 1 aliphatic carbocycles. The number of hydrogen-bond donors (Lipinski definition) is 1. The number of carbonyl (C=O) groups excluding carboxylic acids is 1.